The van der Waals surface area contributed by atoms with Crippen molar-refractivity contribution in [3.8, 4) is 11.5 Å². The summed E-state index contributed by atoms with van der Waals surface area (Å²) >= 11 is 6.27. The summed E-state index contributed by atoms with van der Waals surface area (Å²) in [5.74, 6) is -1.30. The molecule has 1 aliphatic heterocycles. The van der Waals surface area contributed by atoms with E-state index in [-0.39, 0.29) is 32.7 Å². The van der Waals surface area contributed by atoms with E-state index in [2.05, 4.69) is 0 Å². The number of primary sulfonamides is 1. The van der Waals surface area contributed by atoms with Gasteiger partial charge in [-0.2, -0.15) is 0 Å². The summed E-state index contributed by atoms with van der Waals surface area (Å²) in [5.41, 5.74) is 1.47. The van der Waals surface area contributed by atoms with Crippen LogP contribution in [-0.4, -0.2) is 19.8 Å². The van der Waals surface area contributed by atoms with Crippen LogP contribution in [0.4, 0.5) is 4.39 Å². The van der Waals surface area contributed by atoms with Crippen LogP contribution in [0.15, 0.2) is 65.6 Å². The fourth-order valence-electron chi connectivity index (χ4n) is 3.50. The molecule has 0 bridgehead atoms. The van der Waals surface area contributed by atoms with Crippen LogP contribution in [0.3, 0.4) is 0 Å². The molecule has 0 radical (unpaired) electrons. The lowest BCUT2D eigenvalue weighted by Gasteiger charge is -2.29. The fourth-order valence-corrected chi connectivity index (χ4v) is 4.21. The quantitative estimate of drug-likeness (QED) is 0.572. The highest BCUT2D eigenvalue weighted by Crippen LogP contribution is 2.51. The van der Waals surface area contributed by atoms with E-state index >= 15 is 0 Å². The molecule has 0 spiro atoms. The summed E-state index contributed by atoms with van der Waals surface area (Å²) < 4.78 is 42.7. The highest BCUT2D eigenvalue weighted by Gasteiger charge is 2.35. The number of nitrogens with two attached hydrogens (primary N) is 1. The molecule has 0 saturated carbocycles. The molecule has 0 aliphatic carbocycles. The smallest absolute Gasteiger partial charge is 0.238 e. The Hall–Kier alpha value is -3.20. The van der Waals surface area contributed by atoms with Crippen LogP contribution in [0.25, 0.3) is 11.3 Å². The van der Waals surface area contributed by atoms with E-state index < -0.39 is 21.8 Å². The van der Waals surface area contributed by atoms with Crippen LogP contribution in [0, 0.1) is 5.82 Å². The molecular weight excluding hydrogens is 445 g/mol. The minimum atomic E-state index is -3.91. The van der Waals surface area contributed by atoms with E-state index in [1.165, 1.54) is 60.7 Å². The minimum absolute atomic E-state index is 0.0981. The molecule has 3 aromatic rings. The van der Waals surface area contributed by atoms with Crippen molar-refractivity contribution in [2.45, 2.75) is 10.8 Å². The molecule has 3 aromatic carbocycles. The normalized spacial score (nSPS) is 15.9. The summed E-state index contributed by atoms with van der Waals surface area (Å²) in [6.45, 7) is 0. The van der Waals surface area contributed by atoms with Crippen molar-refractivity contribution in [2.75, 3.05) is 0 Å². The maximum absolute atomic E-state index is 13.5. The van der Waals surface area contributed by atoms with Gasteiger partial charge in [0.2, 0.25) is 10.0 Å². The SMILES string of the molecule is NS(=O)(=O)c1ccc(C2=C(c3ccc(F)cc3)C(C=O)c3c(O)ccc(Cl)c3O2)cc1. The van der Waals surface area contributed by atoms with Gasteiger partial charge in [-0.05, 0) is 54.1 Å². The molecule has 1 aliphatic rings. The first kappa shape index (κ1) is 21.0. The van der Waals surface area contributed by atoms with E-state index in [0.717, 1.165) is 0 Å². The Bertz CT molecular complexity index is 1320. The minimum Gasteiger partial charge on any atom is -0.507 e. The Labute approximate surface area is 182 Å². The van der Waals surface area contributed by atoms with Gasteiger partial charge < -0.3 is 14.6 Å². The van der Waals surface area contributed by atoms with Crippen LogP contribution >= 0.6 is 11.6 Å². The average Bonchev–Trinajstić information content (AvgIpc) is 2.75. The molecule has 1 heterocycles. The number of phenolic OH excluding ortho intramolecular Hbond substituents is 1. The third kappa shape index (κ3) is 3.81. The van der Waals surface area contributed by atoms with Crippen molar-refractivity contribution in [3.63, 3.8) is 0 Å². The predicted molar refractivity (Wildman–Crippen MR) is 114 cm³/mol. The number of sulfonamides is 1. The Morgan fingerprint density at radius 2 is 1.61 bits per heavy atom. The van der Waals surface area contributed by atoms with E-state index in [0.29, 0.717) is 23.0 Å². The van der Waals surface area contributed by atoms with Gasteiger partial charge in [0.1, 0.15) is 23.6 Å². The number of ether oxygens (including phenoxy) is 1. The standard InChI is InChI=1S/C22H15ClFNO5S/c23-17-9-10-18(27)20-16(11-26)19(12-1-5-14(24)6-2-12)21(30-22(17)20)13-3-7-15(8-4-13)31(25,28)29/h1-11,16,27H,(H2,25,28,29). The number of hydrogen-bond acceptors (Lipinski definition) is 5. The lowest BCUT2D eigenvalue weighted by atomic mass is 9.83. The molecule has 0 aromatic heterocycles. The number of aldehydes is 1. The number of hydrogen-bond donors (Lipinski definition) is 2. The van der Waals surface area contributed by atoms with Gasteiger partial charge >= 0.3 is 0 Å². The molecule has 6 nitrogen and oxygen atoms in total. The summed E-state index contributed by atoms with van der Waals surface area (Å²) in [4.78, 5) is 12.1. The van der Waals surface area contributed by atoms with Crippen molar-refractivity contribution in [1.82, 2.24) is 0 Å². The van der Waals surface area contributed by atoms with Crippen LogP contribution < -0.4 is 9.88 Å². The van der Waals surface area contributed by atoms with Crippen LogP contribution in [0.2, 0.25) is 5.02 Å². The molecule has 0 fully saturated rings. The van der Waals surface area contributed by atoms with Gasteiger partial charge in [-0.15, -0.1) is 0 Å². The van der Waals surface area contributed by atoms with Crippen molar-refractivity contribution < 1.29 is 27.4 Å². The summed E-state index contributed by atoms with van der Waals surface area (Å²) in [7, 11) is -3.91. The Morgan fingerprint density at radius 1 is 1.00 bits per heavy atom. The highest BCUT2D eigenvalue weighted by atomic mass is 35.5. The monoisotopic (exact) mass is 459 g/mol. The number of benzene rings is 3. The van der Waals surface area contributed by atoms with Gasteiger partial charge in [-0.1, -0.05) is 23.7 Å². The molecule has 1 unspecified atom stereocenters. The number of aromatic hydroxyl groups is 1. The van der Waals surface area contributed by atoms with Gasteiger partial charge in [0, 0.05) is 11.1 Å². The maximum atomic E-state index is 13.5. The second kappa shape index (κ2) is 7.81. The van der Waals surface area contributed by atoms with Gasteiger partial charge in [-0.25, -0.2) is 17.9 Å². The summed E-state index contributed by atoms with van der Waals surface area (Å²) in [6.07, 6.45) is 0.634. The van der Waals surface area contributed by atoms with Gasteiger partial charge in [0.05, 0.1) is 21.4 Å². The van der Waals surface area contributed by atoms with Crippen LogP contribution in [0.5, 0.6) is 11.5 Å². The number of allylic oxidation sites excluding steroid dienone is 1. The third-order valence-electron chi connectivity index (χ3n) is 4.93. The molecule has 4 rings (SSSR count). The third-order valence-corrected chi connectivity index (χ3v) is 6.16. The molecule has 0 saturated heterocycles. The number of halogens is 2. The van der Waals surface area contributed by atoms with E-state index in [9.17, 15) is 22.7 Å². The predicted octanol–water partition coefficient (Wildman–Crippen LogP) is 4.08. The molecule has 31 heavy (non-hydrogen) atoms. The number of rotatable bonds is 4. The summed E-state index contributed by atoms with van der Waals surface area (Å²) in [5, 5.41) is 15.8. The number of carbonyl (C=O) groups is 1. The zero-order valence-corrected chi connectivity index (χ0v) is 17.3. The summed E-state index contributed by atoms with van der Waals surface area (Å²) in [6, 6.07) is 13.8. The van der Waals surface area contributed by atoms with Gasteiger partial charge in [0.15, 0.2) is 5.75 Å². The molecule has 1 atom stereocenters. The first-order valence-corrected chi connectivity index (χ1v) is 10.9. The Balaban J connectivity index is 2.00. The topological polar surface area (TPSA) is 107 Å². The fraction of sp³-hybridized carbons (Fsp3) is 0.0455. The van der Waals surface area contributed by atoms with Crippen molar-refractivity contribution in [1.29, 1.82) is 0 Å². The van der Waals surface area contributed by atoms with Crippen LogP contribution in [0.1, 0.15) is 22.6 Å². The molecular formula is C22H15ClFNO5S. The van der Waals surface area contributed by atoms with Crippen molar-refractivity contribution in [2.24, 2.45) is 5.14 Å². The maximum Gasteiger partial charge on any atom is 0.238 e. The first-order chi connectivity index (χ1) is 14.7. The average molecular weight is 460 g/mol. The van der Waals surface area contributed by atoms with Gasteiger partial charge in [-0.3, -0.25) is 0 Å². The number of fused-ring (bicyclic) bond motifs is 1. The molecule has 158 valence electrons. The van der Waals surface area contributed by atoms with Gasteiger partial charge in [0.25, 0.3) is 0 Å². The Morgan fingerprint density at radius 3 is 2.19 bits per heavy atom. The van der Waals surface area contributed by atoms with Crippen molar-refractivity contribution in [3.05, 3.63) is 88.2 Å². The zero-order valence-electron chi connectivity index (χ0n) is 15.7. The van der Waals surface area contributed by atoms with E-state index in [1.54, 1.807) is 0 Å². The first-order valence-electron chi connectivity index (χ1n) is 8.98. The number of phenols is 1. The second-order valence-electron chi connectivity index (χ2n) is 6.84. The Kier molecular flexibility index (Phi) is 5.30. The lowest BCUT2D eigenvalue weighted by molar-refractivity contribution is -0.108. The molecule has 3 N–H and O–H groups in total. The van der Waals surface area contributed by atoms with E-state index in [4.69, 9.17) is 21.5 Å². The largest absolute Gasteiger partial charge is 0.507 e. The zero-order chi connectivity index (χ0) is 22.3. The number of carbonyl (C=O) groups excluding carboxylic acids is 1. The second-order valence-corrected chi connectivity index (χ2v) is 8.81. The molecule has 0 amide bonds. The lowest BCUT2D eigenvalue weighted by Crippen LogP contribution is -2.17. The molecule has 9 heteroatoms. The highest BCUT2D eigenvalue weighted by molar-refractivity contribution is 7.89. The van der Waals surface area contributed by atoms with Crippen LogP contribution in [-0.2, 0) is 14.8 Å². The van der Waals surface area contributed by atoms with Crippen molar-refractivity contribution >= 4 is 39.2 Å². The van der Waals surface area contributed by atoms with E-state index in [1.807, 2.05) is 0 Å².